The van der Waals surface area contributed by atoms with Gasteiger partial charge in [-0.25, -0.2) is 0 Å². The molecule has 3 rings (SSSR count). The molecule has 1 heterocycles. The van der Waals surface area contributed by atoms with Gasteiger partial charge < -0.3 is 5.32 Å². The summed E-state index contributed by atoms with van der Waals surface area (Å²) < 4.78 is 0. The summed E-state index contributed by atoms with van der Waals surface area (Å²) in [5.41, 5.74) is 8.75. The van der Waals surface area contributed by atoms with E-state index in [0.717, 1.165) is 16.7 Å². The Bertz CT molecular complexity index is 1040. The van der Waals surface area contributed by atoms with Crippen LogP contribution in [0.15, 0.2) is 54.6 Å². The van der Waals surface area contributed by atoms with Crippen molar-refractivity contribution in [2.45, 2.75) is 13.8 Å². The molecule has 0 aliphatic carbocycles. The molecular formula is C21H21N5O3. The van der Waals surface area contributed by atoms with E-state index >= 15 is 0 Å². The Morgan fingerprint density at radius 1 is 0.897 bits per heavy atom. The van der Waals surface area contributed by atoms with Crippen LogP contribution in [0.5, 0.6) is 0 Å². The predicted molar refractivity (Wildman–Crippen MR) is 108 cm³/mol. The van der Waals surface area contributed by atoms with E-state index in [4.69, 9.17) is 0 Å². The molecule has 3 aromatic rings. The zero-order valence-corrected chi connectivity index (χ0v) is 16.1. The van der Waals surface area contributed by atoms with Crippen molar-refractivity contribution in [2.24, 2.45) is 0 Å². The predicted octanol–water partition coefficient (Wildman–Crippen LogP) is 1.88. The molecule has 4 N–H and O–H groups in total. The largest absolute Gasteiger partial charge is 0.343 e. The second-order valence-electron chi connectivity index (χ2n) is 6.52. The lowest BCUT2D eigenvalue weighted by Gasteiger charge is -2.08. The van der Waals surface area contributed by atoms with E-state index in [0.29, 0.717) is 11.3 Å². The fourth-order valence-corrected chi connectivity index (χ4v) is 2.58. The molecule has 8 heteroatoms. The van der Waals surface area contributed by atoms with E-state index in [1.165, 1.54) is 0 Å². The summed E-state index contributed by atoms with van der Waals surface area (Å²) in [6.45, 7) is 3.59. The number of aryl methyl sites for hydroxylation is 2. The molecule has 1 aromatic heterocycles. The fraction of sp³-hybridized carbons (Fsp3) is 0.143. The van der Waals surface area contributed by atoms with Crippen molar-refractivity contribution in [3.05, 3.63) is 77.0 Å². The van der Waals surface area contributed by atoms with Crippen molar-refractivity contribution in [1.29, 1.82) is 0 Å². The molecule has 8 nitrogen and oxygen atoms in total. The van der Waals surface area contributed by atoms with Crippen molar-refractivity contribution in [3.8, 4) is 11.3 Å². The SMILES string of the molecule is Cc1ccc(C(=O)NCC(=O)NNC(=O)c2cc(-c3ccccc3)n[nH]2)cc1C. The smallest absolute Gasteiger partial charge is 0.287 e. The minimum absolute atomic E-state index is 0.198. The lowest BCUT2D eigenvalue weighted by Crippen LogP contribution is -2.46. The summed E-state index contributed by atoms with van der Waals surface area (Å²) in [6, 6.07) is 16.3. The van der Waals surface area contributed by atoms with Crippen molar-refractivity contribution >= 4 is 17.7 Å². The lowest BCUT2D eigenvalue weighted by molar-refractivity contribution is -0.120. The van der Waals surface area contributed by atoms with Crippen LogP contribution in [0, 0.1) is 13.8 Å². The van der Waals surface area contributed by atoms with E-state index in [-0.39, 0.29) is 18.1 Å². The van der Waals surface area contributed by atoms with Gasteiger partial charge in [-0.1, -0.05) is 36.4 Å². The minimum Gasteiger partial charge on any atom is -0.343 e. The van der Waals surface area contributed by atoms with Gasteiger partial charge in [-0.15, -0.1) is 0 Å². The first-order valence-corrected chi connectivity index (χ1v) is 8.99. The van der Waals surface area contributed by atoms with Gasteiger partial charge in [-0.3, -0.25) is 30.3 Å². The van der Waals surface area contributed by atoms with E-state index in [1.54, 1.807) is 18.2 Å². The Hall–Kier alpha value is -3.94. The number of carbonyl (C=O) groups excluding carboxylic acids is 3. The first-order valence-electron chi connectivity index (χ1n) is 8.99. The molecule has 0 fully saturated rings. The Kier molecular flexibility index (Phi) is 6.03. The van der Waals surface area contributed by atoms with Crippen molar-refractivity contribution in [3.63, 3.8) is 0 Å². The van der Waals surface area contributed by atoms with Gasteiger partial charge in [0.05, 0.1) is 12.2 Å². The average molecular weight is 391 g/mol. The van der Waals surface area contributed by atoms with Crippen LogP contribution < -0.4 is 16.2 Å². The second kappa shape index (κ2) is 8.83. The highest BCUT2D eigenvalue weighted by Crippen LogP contribution is 2.16. The minimum atomic E-state index is -0.557. The van der Waals surface area contributed by atoms with Crippen LogP contribution in [0.3, 0.4) is 0 Å². The Balaban J connectivity index is 1.48. The normalized spacial score (nSPS) is 10.3. The first-order chi connectivity index (χ1) is 13.9. The summed E-state index contributed by atoms with van der Waals surface area (Å²) in [7, 11) is 0. The maximum atomic E-state index is 12.1. The highest BCUT2D eigenvalue weighted by atomic mass is 16.2. The average Bonchev–Trinajstić information content (AvgIpc) is 3.23. The monoisotopic (exact) mass is 391 g/mol. The van der Waals surface area contributed by atoms with Crippen molar-refractivity contribution < 1.29 is 14.4 Å². The quantitative estimate of drug-likeness (QED) is 0.497. The molecular weight excluding hydrogens is 370 g/mol. The lowest BCUT2D eigenvalue weighted by atomic mass is 10.1. The number of aromatic nitrogens is 2. The molecule has 29 heavy (non-hydrogen) atoms. The third-order valence-electron chi connectivity index (χ3n) is 4.39. The van der Waals surface area contributed by atoms with Gasteiger partial charge in [0.15, 0.2) is 0 Å². The molecule has 0 unspecified atom stereocenters. The van der Waals surface area contributed by atoms with E-state index in [2.05, 4.69) is 26.4 Å². The summed E-state index contributed by atoms with van der Waals surface area (Å²) in [5, 5.41) is 9.22. The standard InChI is InChI=1S/C21H21N5O3/c1-13-8-9-16(10-14(13)2)20(28)22-12-19(27)25-26-21(29)18-11-17(23-24-18)15-6-4-3-5-7-15/h3-11H,12H2,1-2H3,(H,22,28)(H,23,24)(H,25,27)(H,26,29). The summed E-state index contributed by atoms with van der Waals surface area (Å²) >= 11 is 0. The number of hydrogen-bond donors (Lipinski definition) is 4. The van der Waals surface area contributed by atoms with Gasteiger partial charge in [0.2, 0.25) is 0 Å². The van der Waals surface area contributed by atoms with E-state index in [1.807, 2.05) is 50.2 Å². The van der Waals surface area contributed by atoms with Crippen LogP contribution in [0.4, 0.5) is 0 Å². The highest BCUT2D eigenvalue weighted by molar-refractivity contribution is 5.98. The van der Waals surface area contributed by atoms with Crippen LogP contribution >= 0.6 is 0 Å². The molecule has 0 saturated carbocycles. The Morgan fingerprint density at radius 2 is 1.66 bits per heavy atom. The van der Waals surface area contributed by atoms with E-state index in [9.17, 15) is 14.4 Å². The second-order valence-corrected chi connectivity index (χ2v) is 6.52. The summed E-state index contributed by atoms with van der Waals surface area (Å²) in [6.07, 6.45) is 0. The molecule has 3 amide bonds. The Labute approximate surface area is 167 Å². The maximum Gasteiger partial charge on any atom is 0.287 e. The first kappa shape index (κ1) is 19.8. The summed E-state index contributed by atoms with van der Waals surface area (Å²) in [4.78, 5) is 36.2. The van der Waals surface area contributed by atoms with Gasteiger partial charge >= 0.3 is 0 Å². The van der Waals surface area contributed by atoms with Crippen LogP contribution in [0.2, 0.25) is 0 Å². The van der Waals surface area contributed by atoms with Gasteiger partial charge in [0.1, 0.15) is 5.69 Å². The number of H-pyrrole nitrogens is 1. The van der Waals surface area contributed by atoms with Gasteiger partial charge in [-0.2, -0.15) is 5.10 Å². The van der Waals surface area contributed by atoms with Gasteiger partial charge in [0, 0.05) is 11.1 Å². The molecule has 0 aliphatic heterocycles. The molecule has 0 spiro atoms. The van der Waals surface area contributed by atoms with E-state index < -0.39 is 11.8 Å². The van der Waals surface area contributed by atoms with Crippen LogP contribution in [-0.2, 0) is 4.79 Å². The number of nitrogens with one attached hydrogen (secondary N) is 4. The number of aromatic amines is 1. The van der Waals surface area contributed by atoms with Crippen LogP contribution in [-0.4, -0.2) is 34.5 Å². The molecule has 0 atom stereocenters. The third kappa shape index (κ3) is 5.07. The fourth-order valence-electron chi connectivity index (χ4n) is 2.58. The van der Waals surface area contributed by atoms with Crippen molar-refractivity contribution in [2.75, 3.05) is 6.54 Å². The number of benzene rings is 2. The third-order valence-corrected chi connectivity index (χ3v) is 4.39. The van der Waals surface area contributed by atoms with Crippen LogP contribution in [0.1, 0.15) is 32.0 Å². The molecule has 2 aromatic carbocycles. The van der Waals surface area contributed by atoms with Gasteiger partial charge in [-0.05, 0) is 43.2 Å². The van der Waals surface area contributed by atoms with Crippen LogP contribution in [0.25, 0.3) is 11.3 Å². The number of rotatable bonds is 5. The van der Waals surface area contributed by atoms with Crippen molar-refractivity contribution in [1.82, 2.24) is 26.4 Å². The molecule has 148 valence electrons. The number of amides is 3. The zero-order valence-electron chi connectivity index (χ0n) is 16.1. The Morgan fingerprint density at radius 3 is 2.38 bits per heavy atom. The number of carbonyl (C=O) groups is 3. The molecule has 0 radical (unpaired) electrons. The maximum absolute atomic E-state index is 12.1. The molecule has 0 bridgehead atoms. The zero-order chi connectivity index (χ0) is 20.8. The topological polar surface area (TPSA) is 116 Å². The molecule has 0 aliphatic rings. The highest BCUT2D eigenvalue weighted by Gasteiger charge is 2.13. The number of hydrogen-bond acceptors (Lipinski definition) is 4. The number of hydrazine groups is 1. The summed E-state index contributed by atoms with van der Waals surface area (Å²) in [5.74, 6) is -1.47. The van der Waals surface area contributed by atoms with Gasteiger partial charge in [0.25, 0.3) is 17.7 Å². The number of nitrogens with zero attached hydrogens (tertiary/aromatic N) is 1. The molecule has 0 saturated heterocycles.